The van der Waals surface area contributed by atoms with E-state index in [4.69, 9.17) is 10.8 Å². The van der Waals surface area contributed by atoms with Gasteiger partial charge in [0.05, 0.1) is 6.04 Å². The third-order valence-electron chi connectivity index (χ3n) is 4.83. The predicted molar refractivity (Wildman–Crippen MR) is 69.4 cm³/mol. The number of nitrogens with two attached hydrogens (primary N) is 1. The summed E-state index contributed by atoms with van der Waals surface area (Å²) in [5.74, 6) is 8.18. The molecule has 0 aromatic heterocycles. The van der Waals surface area contributed by atoms with Gasteiger partial charge in [0.25, 0.3) is 0 Å². The number of hydrazine groups is 1. The summed E-state index contributed by atoms with van der Waals surface area (Å²) in [6.45, 7) is 0. The Balaban J connectivity index is 1.59. The Morgan fingerprint density at radius 2 is 1.88 bits per heavy atom. The van der Waals surface area contributed by atoms with Crippen LogP contribution in [0.2, 0.25) is 0 Å². The average Bonchev–Trinajstić information content (AvgIpc) is 3.04. The molecule has 3 atom stereocenters. The minimum absolute atomic E-state index is 0.522. The molecule has 0 aromatic rings. The van der Waals surface area contributed by atoms with Crippen molar-refractivity contribution in [1.29, 1.82) is 0 Å². The Labute approximate surface area is 103 Å². The number of hydrogen-bond acceptors (Lipinski definition) is 2. The van der Waals surface area contributed by atoms with Crippen LogP contribution in [0.25, 0.3) is 0 Å². The predicted octanol–water partition coefficient (Wildman–Crippen LogP) is 1.53. The Hall–Kier alpha value is -0.770. The van der Waals surface area contributed by atoms with E-state index in [-0.39, 0.29) is 0 Å². The highest BCUT2D eigenvalue weighted by Gasteiger charge is 2.39. The molecular weight excluding hydrogens is 212 g/mol. The largest absolute Gasteiger partial charge is 0.353 e. The van der Waals surface area contributed by atoms with E-state index in [1.165, 1.54) is 51.4 Å². The van der Waals surface area contributed by atoms with Crippen molar-refractivity contribution >= 4 is 5.96 Å². The molecule has 0 aliphatic heterocycles. The summed E-state index contributed by atoms with van der Waals surface area (Å²) in [7, 11) is 0. The number of guanidine groups is 1. The van der Waals surface area contributed by atoms with Crippen molar-refractivity contribution in [3.63, 3.8) is 0 Å². The Kier molecular flexibility index (Phi) is 3.23. The van der Waals surface area contributed by atoms with Crippen LogP contribution in [0.3, 0.4) is 0 Å². The number of nitrogens with one attached hydrogen (secondary N) is 2. The lowest BCUT2D eigenvalue weighted by Gasteiger charge is -2.21. The normalized spacial score (nSPS) is 37.7. The smallest absolute Gasteiger partial charge is 0.206 e. The van der Waals surface area contributed by atoms with Crippen molar-refractivity contribution in [2.24, 2.45) is 22.7 Å². The highest BCUT2D eigenvalue weighted by atomic mass is 15.3. The van der Waals surface area contributed by atoms with Crippen molar-refractivity contribution in [3.05, 3.63) is 0 Å². The molecule has 0 spiro atoms. The highest BCUT2D eigenvalue weighted by molar-refractivity contribution is 5.79. The summed E-state index contributed by atoms with van der Waals surface area (Å²) in [5, 5.41) is 3.47. The van der Waals surface area contributed by atoms with E-state index in [1.54, 1.807) is 0 Å². The summed E-state index contributed by atoms with van der Waals surface area (Å²) in [6.07, 6.45) is 10.7. The average molecular weight is 236 g/mol. The molecule has 96 valence electrons. The SMILES string of the molecule is NNC(=NC1CC2CCC1C2)NC1CCCC1. The fraction of sp³-hybridized carbons (Fsp3) is 0.923. The molecule has 2 bridgehead atoms. The van der Waals surface area contributed by atoms with Crippen LogP contribution in [-0.4, -0.2) is 18.0 Å². The van der Waals surface area contributed by atoms with E-state index >= 15 is 0 Å². The second-order valence-corrected chi connectivity index (χ2v) is 5.99. The zero-order chi connectivity index (χ0) is 11.7. The number of aliphatic imine (C=N–C) groups is 1. The van der Waals surface area contributed by atoms with Crippen LogP contribution in [0.5, 0.6) is 0 Å². The Morgan fingerprint density at radius 3 is 2.47 bits per heavy atom. The molecule has 0 aromatic carbocycles. The van der Waals surface area contributed by atoms with Gasteiger partial charge in [-0.05, 0) is 43.9 Å². The van der Waals surface area contributed by atoms with E-state index in [0.717, 1.165) is 17.8 Å². The Bertz CT molecular complexity index is 296. The molecule has 0 amide bonds. The third-order valence-corrected chi connectivity index (χ3v) is 4.83. The third kappa shape index (κ3) is 2.41. The van der Waals surface area contributed by atoms with Gasteiger partial charge >= 0.3 is 0 Å². The molecule has 3 saturated carbocycles. The van der Waals surface area contributed by atoms with Crippen molar-refractivity contribution in [2.45, 2.75) is 63.5 Å². The molecule has 17 heavy (non-hydrogen) atoms. The number of rotatable bonds is 2. The molecule has 0 heterocycles. The first-order valence-corrected chi connectivity index (χ1v) is 7.16. The van der Waals surface area contributed by atoms with Gasteiger partial charge in [0.15, 0.2) is 0 Å². The van der Waals surface area contributed by atoms with Crippen LogP contribution in [0, 0.1) is 11.8 Å². The molecule has 4 nitrogen and oxygen atoms in total. The maximum atomic E-state index is 5.58. The summed E-state index contributed by atoms with van der Waals surface area (Å²) in [4.78, 5) is 4.81. The van der Waals surface area contributed by atoms with E-state index in [9.17, 15) is 0 Å². The van der Waals surface area contributed by atoms with Gasteiger partial charge in [0, 0.05) is 6.04 Å². The standard InChI is InChI=1S/C13H24N4/c14-17-13(15-11-3-1-2-4-11)16-12-8-9-5-6-10(12)7-9/h9-12H,1-8,14H2,(H2,15,16,17). The van der Waals surface area contributed by atoms with Crippen molar-refractivity contribution < 1.29 is 0 Å². The zero-order valence-electron chi connectivity index (χ0n) is 10.5. The summed E-state index contributed by atoms with van der Waals surface area (Å²) in [5.41, 5.74) is 2.75. The minimum Gasteiger partial charge on any atom is -0.353 e. The van der Waals surface area contributed by atoms with E-state index in [1.807, 2.05) is 0 Å². The molecule has 3 fully saturated rings. The number of hydrogen-bond donors (Lipinski definition) is 3. The first kappa shape index (κ1) is 11.3. The van der Waals surface area contributed by atoms with Gasteiger partial charge < -0.3 is 5.32 Å². The van der Waals surface area contributed by atoms with Crippen molar-refractivity contribution in [2.75, 3.05) is 0 Å². The van der Waals surface area contributed by atoms with Gasteiger partial charge in [0.2, 0.25) is 5.96 Å². The van der Waals surface area contributed by atoms with Crippen LogP contribution < -0.4 is 16.6 Å². The molecule has 3 rings (SSSR count). The quantitative estimate of drug-likeness (QED) is 0.295. The molecule has 0 radical (unpaired) electrons. The number of fused-ring (bicyclic) bond motifs is 2. The fourth-order valence-corrected chi connectivity index (χ4v) is 3.91. The first-order chi connectivity index (χ1) is 8.35. The molecule has 0 saturated heterocycles. The lowest BCUT2D eigenvalue weighted by atomic mass is 9.96. The Morgan fingerprint density at radius 1 is 1.06 bits per heavy atom. The van der Waals surface area contributed by atoms with Gasteiger partial charge in [-0.15, -0.1) is 0 Å². The van der Waals surface area contributed by atoms with Gasteiger partial charge in [0.1, 0.15) is 0 Å². The summed E-state index contributed by atoms with van der Waals surface area (Å²) < 4.78 is 0. The molecule has 4 N–H and O–H groups in total. The first-order valence-electron chi connectivity index (χ1n) is 7.16. The van der Waals surface area contributed by atoms with E-state index < -0.39 is 0 Å². The van der Waals surface area contributed by atoms with Crippen LogP contribution in [-0.2, 0) is 0 Å². The molecule has 3 aliphatic rings. The van der Waals surface area contributed by atoms with Crippen molar-refractivity contribution in [3.8, 4) is 0 Å². The lowest BCUT2D eigenvalue weighted by Crippen LogP contribution is -2.46. The van der Waals surface area contributed by atoms with Gasteiger partial charge in [-0.25, -0.2) is 10.8 Å². The van der Waals surface area contributed by atoms with Gasteiger partial charge in [-0.1, -0.05) is 19.3 Å². The van der Waals surface area contributed by atoms with Gasteiger partial charge in [-0.3, -0.25) is 5.43 Å². The van der Waals surface area contributed by atoms with Crippen LogP contribution >= 0.6 is 0 Å². The minimum atomic E-state index is 0.522. The molecule has 3 unspecified atom stereocenters. The van der Waals surface area contributed by atoms with E-state index in [0.29, 0.717) is 12.1 Å². The second-order valence-electron chi connectivity index (χ2n) is 5.99. The molecule has 4 heteroatoms. The molecular formula is C13H24N4. The van der Waals surface area contributed by atoms with Crippen LogP contribution in [0.15, 0.2) is 4.99 Å². The van der Waals surface area contributed by atoms with Crippen LogP contribution in [0.4, 0.5) is 0 Å². The summed E-state index contributed by atoms with van der Waals surface area (Å²) in [6, 6.07) is 1.11. The number of nitrogens with zero attached hydrogens (tertiary/aromatic N) is 1. The molecule has 3 aliphatic carbocycles. The lowest BCUT2D eigenvalue weighted by molar-refractivity contribution is 0.417. The zero-order valence-corrected chi connectivity index (χ0v) is 10.5. The topological polar surface area (TPSA) is 62.4 Å². The van der Waals surface area contributed by atoms with Crippen LogP contribution in [0.1, 0.15) is 51.4 Å². The second kappa shape index (κ2) is 4.84. The monoisotopic (exact) mass is 236 g/mol. The fourth-order valence-electron chi connectivity index (χ4n) is 3.91. The maximum Gasteiger partial charge on any atom is 0.206 e. The van der Waals surface area contributed by atoms with Gasteiger partial charge in [-0.2, -0.15) is 0 Å². The van der Waals surface area contributed by atoms with Crippen molar-refractivity contribution in [1.82, 2.24) is 10.7 Å². The highest BCUT2D eigenvalue weighted by Crippen LogP contribution is 2.45. The summed E-state index contributed by atoms with van der Waals surface area (Å²) >= 11 is 0. The maximum absolute atomic E-state index is 5.58. The van der Waals surface area contributed by atoms with E-state index in [2.05, 4.69) is 10.7 Å².